The summed E-state index contributed by atoms with van der Waals surface area (Å²) >= 11 is 1.56. The summed E-state index contributed by atoms with van der Waals surface area (Å²) in [6, 6.07) is 0. The minimum absolute atomic E-state index is 0.140. The van der Waals surface area contributed by atoms with E-state index in [9.17, 15) is 4.79 Å². The highest BCUT2D eigenvalue weighted by Gasteiger charge is 2.26. The SMILES string of the molecule is Cc1nc2c(N3CC(C)OC(C)C3)c(NC=O)cnc2s1. The smallest absolute Gasteiger partial charge is 0.211 e. The molecule has 21 heavy (non-hydrogen) atoms. The zero-order valence-electron chi connectivity index (χ0n) is 12.3. The molecule has 2 aromatic heterocycles. The molecule has 1 N–H and O–H groups in total. The Bertz CT molecular complexity index is 662. The molecule has 1 aliphatic rings. The molecule has 6 nitrogen and oxygen atoms in total. The van der Waals surface area contributed by atoms with Gasteiger partial charge in [-0.1, -0.05) is 11.3 Å². The fraction of sp³-hybridized carbons (Fsp3) is 0.500. The number of aryl methyl sites for hydroxylation is 1. The second kappa shape index (κ2) is 5.57. The number of hydrogen-bond acceptors (Lipinski definition) is 6. The highest BCUT2D eigenvalue weighted by molar-refractivity contribution is 7.18. The van der Waals surface area contributed by atoms with Crippen LogP contribution in [0.15, 0.2) is 6.20 Å². The largest absolute Gasteiger partial charge is 0.372 e. The number of carbonyl (C=O) groups excluding carboxylic acids is 1. The van der Waals surface area contributed by atoms with Crippen molar-refractivity contribution in [1.82, 2.24) is 9.97 Å². The van der Waals surface area contributed by atoms with Crippen molar-refractivity contribution in [2.24, 2.45) is 0 Å². The molecule has 2 aromatic rings. The number of morpholine rings is 1. The van der Waals surface area contributed by atoms with Gasteiger partial charge < -0.3 is 15.0 Å². The van der Waals surface area contributed by atoms with Gasteiger partial charge in [0.25, 0.3) is 0 Å². The highest BCUT2D eigenvalue weighted by atomic mass is 32.1. The molecule has 1 fully saturated rings. The number of ether oxygens (including phenoxy) is 1. The summed E-state index contributed by atoms with van der Waals surface area (Å²) < 4.78 is 5.79. The topological polar surface area (TPSA) is 67.3 Å². The quantitative estimate of drug-likeness (QED) is 0.880. The van der Waals surface area contributed by atoms with E-state index in [1.54, 1.807) is 17.5 Å². The monoisotopic (exact) mass is 306 g/mol. The third-order valence-electron chi connectivity index (χ3n) is 3.46. The van der Waals surface area contributed by atoms with Crippen LogP contribution in [0.2, 0.25) is 0 Å². The third-order valence-corrected chi connectivity index (χ3v) is 4.34. The van der Waals surface area contributed by atoms with Gasteiger partial charge in [0.2, 0.25) is 6.41 Å². The summed E-state index contributed by atoms with van der Waals surface area (Å²) in [7, 11) is 0. The third kappa shape index (κ3) is 2.71. The van der Waals surface area contributed by atoms with Crippen LogP contribution < -0.4 is 10.2 Å². The Kier molecular flexibility index (Phi) is 3.77. The average molecular weight is 306 g/mol. The van der Waals surface area contributed by atoms with Crippen LogP contribution in [-0.2, 0) is 9.53 Å². The number of anilines is 2. The Hall–Kier alpha value is -1.73. The molecule has 1 saturated heterocycles. The van der Waals surface area contributed by atoms with E-state index in [-0.39, 0.29) is 12.2 Å². The predicted molar refractivity (Wildman–Crippen MR) is 84.1 cm³/mol. The van der Waals surface area contributed by atoms with E-state index in [1.807, 2.05) is 6.92 Å². The van der Waals surface area contributed by atoms with Gasteiger partial charge in [-0.2, -0.15) is 0 Å². The molecular formula is C14H18N4O2S. The van der Waals surface area contributed by atoms with E-state index in [0.29, 0.717) is 12.1 Å². The predicted octanol–water partition coefficient (Wildman–Crippen LogP) is 2.18. The van der Waals surface area contributed by atoms with Gasteiger partial charge in [0, 0.05) is 13.1 Å². The number of carbonyl (C=O) groups is 1. The van der Waals surface area contributed by atoms with E-state index in [2.05, 4.69) is 34.0 Å². The first-order chi connectivity index (χ1) is 10.1. The van der Waals surface area contributed by atoms with Gasteiger partial charge >= 0.3 is 0 Å². The van der Waals surface area contributed by atoms with Crippen LogP contribution in [0, 0.1) is 6.92 Å². The van der Waals surface area contributed by atoms with Crippen molar-refractivity contribution in [2.75, 3.05) is 23.3 Å². The van der Waals surface area contributed by atoms with Crippen molar-refractivity contribution in [3.8, 4) is 0 Å². The highest BCUT2D eigenvalue weighted by Crippen LogP contribution is 2.36. The van der Waals surface area contributed by atoms with E-state index in [4.69, 9.17) is 4.74 Å². The summed E-state index contributed by atoms with van der Waals surface area (Å²) in [5.74, 6) is 0. The van der Waals surface area contributed by atoms with Gasteiger partial charge in [0.05, 0.1) is 34.8 Å². The number of amides is 1. The fourth-order valence-corrected chi connectivity index (χ4v) is 3.58. The average Bonchev–Trinajstić information content (AvgIpc) is 2.77. The van der Waals surface area contributed by atoms with Gasteiger partial charge in [0.1, 0.15) is 10.3 Å². The zero-order valence-corrected chi connectivity index (χ0v) is 13.1. The van der Waals surface area contributed by atoms with Gasteiger partial charge in [-0.15, -0.1) is 0 Å². The van der Waals surface area contributed by atoms with Crippen molar-refractivity contribution in [3.05, 3.63) is 11.2 Å². The maximum atomic E-state index is 10.9. The Morgan fingerprint density at radius 2 is 2.14 bits per heavy atom. The summed E-state index contributed by atoms with van der Waals surface area (Å²) in [5.41, 5.74) is 2.49. The van der Waals surface area contributed by atoms with Crippen molar-refractivity contribution < 1.29 is 9.53 Å². The number of thiazole rings is 1. The van der Waals surface area contributed by atoms with Crippen LogP contribution in [0.4, 0.5) is 11.4 Å². The standard InChI is InChI=1S/C14H18N4O2S/c1-8-5-18(6-9(2)20-8)13-11(16-7-19)4-15-14-12(13)17-10(3)21-14/h4,7-9H,5-6H2,1-3H3,(H,16,19). The molecule has 3 rings (SSSR count). The number of pyridine rings is 1. The summed E-state index contributed by atoms with van der Waals surface area (Å²) in [6.07, 6.45) is 2.66. The lowest BCUT2D eigenvalue weighted by Gasteiger charge is -2.37. The minimum Gasteiger partial charge on any atom is -0.372 e. The second-order valence-corrected chi connectivity index (χ2v) is 6.51. The second-order valence-electron chi connectivity index (χ2n) is 5.33. The molecule has 0 saturated carbocycles. The van der Waals surface area contributed by atoms with Crippen molar-refractivity contribution >= 4 is 39.5 Å². The number of aromatic nitrogens is 2. The molecule has 0 spiro atoms. The lowest BCUT2D eigenvalue weighted by molar-refractivity contribution is -0.105. The van der Waals surface area contributed by atoms with Crippen molar-refractivity contribution in [1.29, 1.82) is 0 Å². The summed E-state index contributed by atoms with van der Waals surface area (Å²) in [6.45, 7) is 7.62. The van der Waals surface area contributed by atoms with Crippen molar-refractivity contribution in [3.63, 3.8) is 0 Å². The van der Waals surface area contributed by atoms with Crippen LogP contribution in [0.3, 0.4) is 0 Å². The number of rotatable bonds is 3. The molecule has 7 heteroatoms. The molecule has 2 atom stereocenters. The zero-order chi connectivity index (χ0) is 15.0. The molecule has 1 amide bonds. The first-order valence-electron chi connectivity index (χ1n) is 6.95. The molecule has 2 unspecified atom stereocenters. The molecule has 112 valence electrons. The summed E-state index contributed by atoms with van der Waals surface area (Å²) in [4.78, 5) is 23.0. The maximum absolute atomic E-state index is 10.9. The Morgan fingerprint density at radius 3 is 2.81 bits per heavy atom. The number of nitrogens with one attached hydrogen (secondary N) is 1. The van der Waals surface area contributed by atoms with E-state index in [0.717, 1.165) is 34.1 Å². The van der Waals surface area contributed by atoms with Crippen LogP contribution >= 0.6 is 11.3 Å². The molecule has 0 aliphatic carbocycles. The Balaban J connectivity index is 2.12. The molecule has 0 aromatic carbocycles. The lowest BCUT2D eigenvalue weighted by atomic mass is 10.2. The molecule has 0 radical (unpaired) electrons. The fourth-order valence-electron chi connectivity index (χ4n) is 2.82. The molecule has 1 aliphatic heterocycles. The molecular weight excluding hydrogens is 288 g/mol. The van der Waals surface area contributed by atoms with Crippen LogP contribution in [0.5, 0.6) is 0 Å². The first kappa shape index (κ1) is 14.2. The van der Waals surface area contributed by atoms with E-state index >= 15 is 0 Å². The number of hydrogen-bond donors (Lipinski definition) is 1. The van der Waals surface area contributed by atoms with Crippen molar-refractivity contribution in [2.45, 2.75) is 33.0 Å². The van der Waals surface area contributed by atoms with Crippen LogP contribution in [0.25, 0.3) is 10.3 Å². The normalized spacial score (nSPS) is 22.5. The lowest BCUT2D eigenvalue weighted by Crippen LogP contribution is -2.45. The van der Waals surface area contributed by atoms with E-state index in [1.165, 1.54) is 0 Å². The van der Waals surface area contributed by atoms with Gasteiger partial charge in [-0.3, -0.25) is 4.79 Å². The molecule has 3 heterocycles. The van der Waals surface area contributed by atoms with Gasteiger partial charge in [-0.05, 0) is 20.8 Å². The summed E-state index contributed by atoms with van der Waals surface area (Å²) in [5, 5.41) is 3.71. The number of nitrogens with zero attached hydrogens (tertiary/aromatic N) is 3. The minimum atomic E-state index is 0.140. The number of fused-ring (bicyclic) bond motifs is 1. The van der Waals surface area contributed by atoms with Gasteiger partial charge in [0.15, 0.2) is 0 Å². The first-order valence-corrected chi connectivity index (χ1v) is 7.77. The van der Waals surface area contributed by atoms with Crippen LogP contribution in [-0.4, -0.2) is 41.7 Å². The van der Waals surface area contributed by atoms with E-state index < -0.39 is 0 Å². The van der Waals surface area contributed by atoms with Gasteiger partial charge in [-0.25, -0.2) is 9.97 Å². The molecule has 0 bridgehead atoms. The Labute approximate surface area is 127 Å². The van der Waals surface area contributed by atoms with Crippen LogP contribution in [0.1, 0.15) is 18.9 Å². The Morgan fingerprint density at radius 1 is 1.43 bits per heavy atom. The maximum Gasteiger partial charge on any atom is 0.211 e.